The van der Waals surface area contributed by atoms with Crippen molar-refractivity contribution in [3.63, 3.8) is 0 Å². The molecule has 0 saturated carbocycles. The molecule has 0 aliphatic rings. The Morgan fingerprint density at radius 2 is 2.11 bits per heavy atom. The molecule has 0 aliphatic carbocycles. The van der Waals surface area contributed by atoms with E-state index in [2.05, 4.69) is 36.1 Å². The molecule has 102 valence electrons. The number of nitrogens with zero attached hydrogens (tertiary/aromatic N) is 2. The highest BCUT2D eigenvalue weighted by Gasteiger charge is 2.16. The van der Waals surface area contributed by atoms with Gasteiger partial charge < -0.3 is 9.73 Å². The lowest BCUT2D eigenvalue weighted by Gasteiger charge is -2.16. The van der Waals surface area contributed by atoms with Gasteiger partial charge in [-0.15, -0.1) is 0 Å². The Bertz CT molecular complexity index is 533. The van der Waals surface area contributed by atoms with Crippen molar-refractivity contribution < 1.29 is 4.42 Å². The van der Waals surface area contributed by atoms with Gasteiger partial charge in [-0.2, -0.15) is 0 Å². The van der Waals surface area contributed by atoms with Crippen molar-refractivity contribution >= 4 is 5.82 Å². The van der Waals surface area contributed by atoms with Gasteiger partial charge in [-0.3, -0.25) is 0 Å². The predicted octanol–water partition coefficient (Wildman–Crippen LogP) is 3.99. The van der Waals surface area contributed by atoms with Crippen molar-refractivity contribution in [1.29, 1.82) is 0 Å². The minimum absolute atomic E-state index is 0.394. The number of aryl methyl sites for hydroxylation is 1. The lowest BCUT2D eigenvalue weighted by Crippen LogP contribution is -2.10. The van der Waals surface area contributed by atoms with E-state index in [9.17, 15) is 0 Å². The third-order valence-corrected chi connectivity index (χ3v) is 3.00. The van der Waals surface area contributed by atoms with E-state index in [1.165, 1.54) is 5.56 Å². The van der Waals surface area contributed by atoms with Gasteiger partial charge >= 0.3 is 0 Å². The van der Waals surface area contributed by atoms with Crippen LogP contribution in [0.4, 0.5) is 5.82 Å². The summed E-state index contributed by atoms with van der Waals surface area (Å²) in [5.41, 5.74) is 2.19. The fraction of sp³-hybridized carbons (Fsp3) is 0.467. The molecule has 2 aromatic heterocycles. The molecular formula is C15H21N3O. The highest BCUT2D eigenvalue weighted by Crippen LogP contribution is 2.28. The fourth-order valence-electron chi connectivity index (χ4n) is 2.17. The van der Waals surface area contributed by atoms with E-state index in [1.807, 2.05) is 19.1 Å². The number of aromatic nitrogens is 2. The normalized spacial score (nSPS) is 11.0. The Hall–Kier alpha value is -1.84. The Kier molecular flexibility index (Phi) is 4.20. The van der Waals surface area contributed by atoms with Crippen LogP contribution in [0.25, 0.3) is 11.6 Å². The van der Waals surface area contributed by atoms with Gasteiger partial charge in [0.15, 0.2) is 11.6 Å². The smallest absolute Gasteiger partial charge is 0.197 e. The molecule has 0 bridgehead atoms. The maximum atomic E-state index is 5.38. The highest BCUT2D eigenvalue weighted by atomic mass is 16.3. The van der Waals surface area contributed by atoms with Crippen LogP contribution in [0.5, 0.6) is 0 Å². The third kappa shape index (κ3) is 2.95. The van der Waals surface area contributed by atoms with E-state index in [0.29, 0.717) is 17.5 Å². The van der Waals surface area contributed by atoms with Crippen molar-refractivity contribution in [3.05, 3.63) is 29.7 Å². The maximum Gasteiger partial charge on any atom is 0.197 e. The first-order chi connectivity index (χ1) is 9.13. The van der Waals surface area contributed by atoms with Crippen molar-refractivity contribution in [2.75, 3.05) is 11.9 Å². The van der Waals surface area contributed by atoms with Crippen LogP contribution >= 0.6 is 0 Å². The Balaban J connectivity index is 2.47. The molecule has 0 aliphatic heterocycles. The van der Waals surface area contributed by atoms with Gasteiger partial charge in [0.1, 0.15) is 5.82 Å². The predicted molar refractivity (Wildman–Crippen MR) is 77.3 cm³/mol. The highest BCUT2D eigenvalue weighted by molar-refractivity contribution is 5.56. The van der Waals surface area contributed by atoms with Gasteiger partial charge in [-0.1, -0.05) is 20.8 Å². The number of rotatable bonds is 5. The lowest BCUT2D eigenvalue weighted by molar-refractivity contribution is 0.576. The standard InChI is InChI=1S/C15H21N3O/c1-5-8-16-15-13(10(2)3)11(4)17-14(18-15)12-7-6-9-19-12/h6-7,9-10H,5,8H2,1-4H3,(H,16,17,18). The summed E-state index contributed by atoms with van der Waals surface area (Å²) in [4.78, 5) is 9.18. The van der Waals surface area contributed by atoms with Gasteiger partial charge in [0.2, 0.25) is 0 Å². The number of anilines is 1. The summed E-state index contributed by atoms with van der Waals surface area (Å²) in [6.07, 6.45) is 2.71. The van der Waals surface area contributed by atoms with Crippen LogP contribution in [0, 0.1) is 6.92 Å². The molecule has 19 heavy (non-hydrogen) atoms. The minimum Gasteiger partial charge on any atom is -0.461 e. The van der Waals surface area contributed by atoms with E-state index in [0.717, 1.165) is 24.5 Å². The van der Waals surface area contributed by atoms with E-state index >= 15 is 0 Å². The molecule has 0 aromatic carbocycles. The summed E-state index contributed by atoms with van der Waals surface area (Å²) in [7, 11) is 0. The zero-order valence-electron chi connectivity index (χ0n) is 12.0. The summed E-state index contributed by atoms with van der Waals surface area (Å²) >= 11 is 0. The van der Waals surface area contributed by atoms with Gasteiger partial charge in [0.05, 0.1) is 6.26 Å². The average molecular weight is 259 g/mol. The molecule has 0 fully saturated rings. The maximum absolute atomic E-state index is 5.38. The van der Waals surface area contributed by atoms with Crippen LogP contribution in [0.2, 0.25) is 0 Å². The summed E-state index contributed by atoms with van der Waals surface area (Å²) in [6, 6.07) is 3.73. The molecule has 0 unspecified atom stereocenters. The molecule has 2 aromatic rings. The van der Waals surface area contributed by atoms with Crippen molar-refractivity contribution in [2.24, 2.45) is 0 Å². The molecular weight excluding hydrogens is 238 g/mol. The SMILES string of the molecule is CCCNc1nc(-c2ccco2)nc(C)c1C(C)C. The van der Waals surface area contributed by atoms with E-state index in [1.54, 1.807) is 6.26 Å². The van der Waals surface area contributed by atoms with Crippen LogP contribution in [0.1, 0.15) is 44.4 Å². The number of furan rings is 1. The summed E-state index contributed by atoms with van der Waals surface area (Å²) in [5, 5.41) is 3.39. The minimum atomic E-state index is 0.394. The second-order valence-electron chi connectivity index (χ2n) is 4.95. The third-order valence-electron chi connectivity index (χ3n) is 3.00. The molecule has 0 radical (unpaired) electrons. The second kappa shape index (κ2) is 5.87. The van der Waals surface area contributed by atoms with Crippen LogP contribution in [-0.2, 0) is 0 Å². The lowest BCUT2D eigenvalue weighted by atomic mass is 10.0. The quantitative estimate of drug-likeness (QED) is 0.882. The van der Waals surface area contributed by atoms with Crippen LogP contribution in [0.15, 0.2) is 22.8 Å². The molecule has 2 heterocycles. The topological polar surface area (TPSA) is 51.0 Å². The van der Waals surface area contributed by atoms with Crippen molar-refractivity contribution in [3.8, 4) is 11.6 Å². The Morgan fingerprint density at radius 3 is 2.68 bits per heavy atom. The van der Waals surface area contributed by atoms with Gasteiger partial charge in [-0.05, 0) is 31.4 Å². The average Bonchev–Trinajstić information content (AvgIpc) is 2.88. The fourth-order valence-corrected chi connectivity index (χ4v) is 2.17. The first kappa shape index (κ1) is 13.6. The molecule has 0 spiro atoms. The second-order valence-corrected chi connectivity index (χ2v) is 4.95. The van der Waals surface area contributed by atoms with Gasteiger partial charge in [0, 0.05) is 17.8 Å². The zero-order chi connectivity index (χ0) is 13.8. The molecule has 0 amide bonds. The monoisotopic (exact) mass is 259 g/mol. The first-order valence-electron chi connectivity index (χ1n) is 6.79. The van der Waals surface area contributed by atoms with Gasteiger partial charge in [0.25, 0.3) is 0 Å². The number of hydrogen-bond donors (Lipinski definition) is 1. The van der Waals surface area contributed by atoms with E-state index in [4.69, 9.17) is 4.42 Å². The Labute approximate surface area is 114 Å². The van der Waals surface area contributed by atoms with E-state index in [-0.39, 0.29) is 0 Å². The molecule has 0 saturated heterocycles. The van der Waals surface area contributed by atoms with Gasteiger partial charge in [-0.25, -0.2) is 9.97 Å². The van der Waals surface area contributed by atoms with Crippen molar-refractivity contribution in [2.45, 2.75) is 40.0 Å². The number of hydrogen-bond acceptors (Lipinski definition) is 4. The van der Waals surface area contributed by atoms with Crippen LogP contribution in [-0.4, -0.2) is 16.5 Å². The van der Waals surface area contributed by atoms with Crippen LogP contribution in [0.3, 0.4) is 0 Å². The summed E-state index contributed by atoms with van der Waals surface area (Å²) < 4.78 is 5.38. The Morgan fingerprint density at radius 1 is 1.32 bits per heavy atom. The molecule has 2 rings (SSSR count). The summed E-state index contributed by atoms with van der Waals surface area (Å²) in [5.74, 6) is 2.67. The summed E-state index contributed by atoms with van der Waals surface area (Å²) in [6.45, 7) is 9.41. The molecule has 4 heteroatoms. The molecule has 0 atom stereocenters. The largest absolute Gasteiger partial charge is 0.461 e. The molecule has 4 nitrogen and oxygen atoms in total. The first-order valence-corrected chi connectivity index (χ1v) is 6.79. The van der Waals surface area contributed by atoms with Crippen molar-refractivity contribution in [1.82, 2.24) is 9.97 Å². The zero-order valence-corrected chi connectivity index (χ0v) is 12.0. The van der Waals surface area contributed by atoms with E-state index < -0.39 is 0 Å². The number of nitrogens with one attached hydrogen (secondary N) is 1. The molecule has 1 N–H and O–H groups in total. The van der Waals surface area contributed by atoms with Crippen LogP contribution < -0.4 is 5.32 Å².